The lowest BCUT2D eigenvalue weighted by Gasteiger charge is -2.05. The minimum atomic E-state index is 0.759. The molecule has 0 aliphatic rings. The predicted octanol–water partition coefficient (Wildman–Crippen LogP) is 3.70. The second kappa shape index (κ2) is 5.02. The van der Waals surface area contributed by atoms with Crippen molar-refractivity contribution in [3.05, 3.63) is 59.0 Å². The largest absolute Gasteiger partial charge is 0.313 e. The highest BCUT2D eigenvalue weighted by Gasteiger charge is 2.10. The molecule has 0 amide bonds. The van der Waals surface area contributed by atoms with Gasteiger partial charge in [0.2, 0.25) is 0 Å². The van der Waals surface area contributed by atoms with Crippen LogP contribution in [0.15, 0.2) is 42.6 Å². The number of pyridine rings is 1. The summed E-state index contributed by atoms with van der Waals surface area (Å²) in [6.07, 6.45) is 2.60. The molecule has 0 saturated heterocycles. The van der Waals surface area contributed by atoms with Gasteiger partial charge in [-0.3, -0.25) is 0 Å². The number of benzene rings is 1. The molecule has 3 nitrogen and oxygen atoms in total. The highest BCUT2D eigenvalue weighted by atomic mass is 35.5. The molecule has 0 radical (unpaired) electrons. The molecular weight excluding hydrogens is 258 g/mol. The SMILES string of the molecule is CCn1c(Cc2ccc(Cl)cc2)nc2cccnc21. The number of hydrogen-bond acceptors (Lipinski definition) is 2. The monoisotopic (exact) mass is 271 g/mol. The topological polar surface area (TPSA) is 30.7 Å². The number of aromatic nitrogens is 3. The lowest BCUT2D eigenvalue weighted by Crippen LogP contribution is -2.03. The molecule has 96 valence electrons. The van der Waals surface area contributed by atoms with E-state index in [0.717, 1.165) is 35.0 Å². The number of imidazole rings is 1. The van der Waals surface area contributed by atoms with Gasteiger partial charge in [-0.25, -0.2) is 9.97 Å². The third-order valence-electron chi connectivity index (χ3n) is 3.17. The van der Waals surface area contributed by atoms with Crippen molar-refractivity contribution in [1.82, 2.24) is 14.5 Å². The zero-order valence-electron chi connectivity index (χ0n) is 10.7. The van der Waals surface area contributed by atoms with Gasteiger partial charge in [0, 0.05) is 24.2 Å². The molecule has 0 N–H and O–H groups in total. The molecule has 1 aromatic carbocycles. The number of halogens is 1. The standard InChI is InChI=1S/C15H14ClN3/c1-2-19-14(10-11-5-7-12(16)8-6-11)18-13-4-3-9-17-15(13)19/h3-9H,2,10H2,1H3. The summed E-state index contributed by atoms with van der Waals surface area (Å²) < 4.78 is 2.16. The molecule has 0 aliphatic carbocycles. The Bertz CT molecular complexity index is 701. The Morgan fingerprint density at radius 1 is 1.16 bits per heavy atom. The molecule has 0 unspecified atom stereocenters. The summed E-state index contributed by atoms with van der Waals surface area (Å²) in [5, 5.41) is 0.759. The van der Waals surface area contributed by atoms with Crippen molar-refractivity contribution in [2.24, 2.45) is 0 Å². The molecule has 0 atom stereocenters. The first-order valence-electron chi connectivity index (χ1n) is 6.32. The van der Waals surface area contributed by atoms with E-state index < -0.39 is 0 Å². The van der Waals surface area contributed by atoms with E-state index in [1.54, 1.807) is 0 Å². The Labute approximate surface area is 116 Å². The summed E-state index contributed by atoms with van der Waals surface area (Å²) in [4.78, 5) is 9.08. The Morgan fingerprint density at radius 2 is 1.95 bits per heavy atom. The highest BCUT2D eigenvalue weighted by molar-refractivity contribution is 6.30. The molecule has 19 heavy (non-hydrogen) atoms. The van der Waals surface area contributed by atoms with Gasteiger partial charge in [0.25, 0.3) is 0 Å². The first kappa shape index (κ1) is 12.2. The predicted molar refractivity (Wildman–Crippen MR) is 77.5 cm³/mol. The first-order chi connectivity index (χ1) is 9.28. The molecule has 0 fully saturated rings. The molecular formula is C15H14ClN3. The molecule has 3 rings (SSSR count). The Hall–Kier alpha value is -1.87. The van der Waals surface area contributed by atoms with Gasteiger partial charge in [-0.15, -0.1) is 0 Å². The van der Waals surface area contributed by atoms with Crippen LogP contribution in [0.4, 0.5) is 0 Å². The molecule has 4 heteroatoms. The van der Waals surface area contributed by atoms with E-state index in [9.17, 15) is 0 Å². The van der Waals surface area contributed by atoms with Crippen molar-refractivity contribution in [3.8, 4) is 0 Å². The summed E-state index contributed by atoms with van der Waals surface area (Å²) >= 11 is 5.91. The van der Waals surface area contributed by atoms with Crippen LogP contribution in [0.25, 0.3) is 11.2 Å². The zero-order valence-corrected chi connectivity index (χ0v) is 11.4. The Balaban J connectivity index is 2.02. The van der Waals surface area contributed by atoms with Crippen molar-refractivity contribution in [3.63, 3.8) is 0 Å². The van der Waals surface area contributed by atoms with E-state index >= 15 is 0 Å². The smallest absolute Gasteiger partial charge is 0.159 e. The molecule has 3 aromatic rings. The maximum Gasteiger partial charge on any atom is 0.159 e. The summed E-state index contributed by atoms with van der Waals surface area (Å²) in [7, 11) is 0. The van der Waals surface area contributed by atoms with Gasteiger partial charge >= 0.3 is 0 Å². The van der Waals surface area contributed by atoms with E-state index in [1.807, 2.05) is 42.6 Å². The minimum absolute atomic E-state index is 0.759. The van der Waals surface area contributed by atoms with Crippen molar-refractivity contribution in [2.45, 2.75) is 19.9 Å². The van der Waals surface area contributed by atoms with Gasteiger partial charge in [0.05, 0.1) is 0 Å². The maximum atomic E-state index is 5.91. The van der Waals surface area contributed by atoms with Crippen LogP contribution in [0.5, 0.6) is 0 Å². The summed E-state index contributed by atoms with van der Waals surface area (Å²) in [5.74, 6) is 1.04. The van der Waals surface area contributed by atoms with E-state index in [-0.39, 0.29) is 0 Å². The van der Waals surface area contributed by atoms with Crippen molar-refractivity contribution >= 4 is 22.8 Å². The fraction of sp³-hybridized carbons (Fsp3) is 0.200. The van der Waals surface area contributed by atoms with Crippen LogP contribution in [0.1, 0.15) is 18.3 Å². The normalized spacial score (nSPS) is 11.1. The van der Waals surface area contributed by atoms with Gasteiger partial charge < -0.3 is 4.57 Å². The molecule has 2 aromatic heterocycles. The number of rotatable bonds is 3. The lowest BCUT2D eigenvalue weighted by atomic mass is 10.1. The average Bonchev–Trinajstić information content (AvgIpc) is 2.78. The fourth-order valence-corrected chi connectivity index (χ4v) is 2.38. The van der Waals surface area contributed by atoms with E-state index in [2.05, 4.69) is 21.5 Å². The zero-order chi connectivity index (χ0) is 13.2. The molecule has 0 saturated carbocycles. The Morgan fingerprint density at radius 3 is 2.68 bits per heavy atom. The van der Waals surface area contributed by atoms with Crippen molar-refractivity contribution in [1.29, 1.82) is 0 Å². The molecule has 0 aliphatic heterocycles. The van der Waals surface area contributed by atoms with Crippen LogP contribution < -0.4 is 0 Å². The van der Waals surface area contributed by atoms with Crippen LogP contribution in [0.3, 0.4) is 0 Å². The lowest BCUT2D eigenvalue weighted by molar-refractivity contribution is 0.727. The third-order valence-corrected chi connectivity index (χ3v) is 3.43. The van der Waals surface area contributed by atoms with Crippen LogP contribution in [0, 0.1) is 0 Å². The summed E-state index contributed by atoms with van der Waals surface area (Å²) in [6, 6.07) is 11.8. The average molecular weight is 272 g/mol. The van der Waals surface area contributed by atoms with Crippen LogP contribution in [-0.4, -0.2) is 14.5 Å². The molecule has 0 bridgehead atoms. The second-order valence-corrected chi connectivity index (χ2v) is 4.86. The van der Waals surface area contributed by atoms with E-state index in [4.69, 9.17) is 11.6 Å². The number of hydrogen-bond donors (Lipinski definition) is 0. The maximum absolute atomic E-state index is 5.91. The van der Waals surface area contributed by atoms with Crippen molar-refractivity contribution in [2.75, 3.05) is 0 Å². The summed E-state index contributed by atoms with van der Waals surface area (Å²) in [6.45, 7) is 2.98. The van der Waals surface area contributed by atoms with Gasteiger partial charge in [-0.2, -0.15) is 0 Å². The second-order valence-electron chi connectivity index (χ2n) is 4.42. The van der Waals surface area contributed by atoms with E-state index in [0.29, 0.717) is 0 Å². The highest BCUT2D eigenvalue weighted by Crippen LogP contribution is 2.17. The Kier molecular flexibility index (Phi) is 3.22. The van der Waals surface area contributed by atoms with Gasteiger partial charge in [0.1, 0.15) is 11.3 Å². The van der Waals surface area contributed by atoms with Gasteiger partial charge in [0.15, 0.2) is 5.65 Å². The van der Waals surface area contributed by atoms with Crippen LogP contribution in [-0.2, 0) is 13.0 Å². The molecule has 0 spiro atoms. The third kappa shape index (κ3) is 2.34. The number of aryl methyl sites for hydroxylation is 1. The van der Waals surface area contributed by atoms with Gasteiger partial charge in [-0.05, 0) is 36.8 Å². The summed E-state index contributed by atoms with van der Waals surface area (Å²) in [5.41, 5.74) is 3.11. The fourth-order valence-electron chi connectivity index (χ4n) is 2.26. The van der Waals surface area contributed by atoms with Crippen molar-refractivity contribution < 1.29 is 0 Å². The molecule has 2 heterocycles. The van der Waals surface area contributed by atoms with E-state index in [1.165, 1.54) is 5.56 Å². The quantitative estimate of drug-likeness (QED) is 0.727. The number of fused-ring (bicyclic) bond motifs is 1. The number of nitrogens with zero attached hydrogens (tertiary/aromatic N) is 3. The minimum Gasteiger partial charge on any atom is -0.313 e. The van der Waals surface area contributed by atoms with Crippen LogP contribution >= 0.6 is 11.6 Å². The van der Waals surface area contributed by atoms with Crippen LogP contribution in [0.2, 0.25) is 5.02 Å². The van der Waals surface area contributed by atoms with Gasteiger partial charge in [-0.1, -0.05) is 23.7 Å². The first-order valence-corrected chi connectivity index (χ1v) is 6.70.